The minimum atomic E-state index is -5.08. The average Bonchev–Trinajstić information content (AvgIpc) is 3.23. The van der Waals surface area contributed by atoms with Crippen molar-refractivity contribution in [2.45, 2.75) is 68.0 Å². The topological polar surface area (TPSA) is 169 Å². The largest absolute Gasteiger partial charge is 0.493 e. The van der Waals surface area contributed by atoms with Gasteiger partial charge in [-0.15, -0.1) is 0 Å². The van der Waals surface area contributed by atoms with Gasteiger partial charge in [0.25, 0.3) is 0 Å². The van der Waals surface area contributed by atoms with Gasteiger partial charge >= 0.3 is 30.1 Å². The summed E-state index contributed by atoms with van der Waals surface area (Å²) in [6.45, 7) is 1.79. The van der Waals surface area contributed by atoms with Gasteiger partial charge in [0.2, 0.25) is 6.10 Å². The predicted molar refractivity (Wildman–Crippen MR) is 129 cm³/mol. The molecule has 15 heteroatoms. The Bertz CT molecular complexity index is 1310. The molecular formula is C26H28F3NO11. The second kappa shape index (κ2) is 10.5. The van der Waals surface area contributed by atoms with E-state index in [-0.39, 0.29) is 18.2 Å². The number of methoxy groups -OCH3 is 1. The molecule has 2 aliphatic carbocycles. The molecule has 41 heavy (non-hydrogen) atoms. The van der Waals surface area contributed by atoms with Gasteiger partial charge < -0.3 is 39.2 Å². The molecule has 1 aromatic carbocycles. The Hall–Kier alpha value is -3.85. The molecule has 0 saturated carbocycles. The zero-order chi connectivity index (χ0) is 30.5. The number of carbonyl (C=O) groups is 4. The fraction of sp³-hybridized carbons (Fsp3) is 0.538. The van der Waals surface area contributed by atoms with Crippen LogP contribution in [0.1, 0.15) is 37.3 Å². The van der Waals surface area contributed by atoms with Gasteiger partial charge in [0.05, 0.1) is 24.5 Å². The van der Waals surface area contributed by atoms with Gasteiger partial charge in [-0.3, -0.25) is 9.59 Å². The molecule has 1 fully saturated rings. The predicted octanol–water partition coefficient (Wildman–Crippen LogP) is 1.56. The minimum Gasteiger partial charge on any atom is -0.493 e. The summed E-state index contributed by atoms with van der Waals surface area (Å²) in [6, 6.07) is 3.69. The van der Waals surface area contributed by atoms with Gasteiger partial charge in [-0.2, -0.15) is 13.2 Å². The summed E-state index contributed by atoms with van der Waals surface area (Å²) >= 11 is 0. The van der Waals surface area contributed by atoms with E-state index in [9.17, 15) is 37.8 Å². The van der Waals surface area contributed by atoms with E-state index in [1.165, 1.54) is 0 Å². The molecule has 4 aliphatic rings. The van der Waals surface area contributed by atoms with Crippen LogP contribution in [0, 0.1) is 0 Å². The van der Waals surface area contributed by atoms with Crippen molar-refractivity contribution in [1.29, 1.82) is 0 Å². The van der Waals surface area contributed by atoms with E-state index in [4.69, 9.17) is 28.8 Å². The number of ether oxygens (including phenoxy) is 4. The lowest BCUT2D eigenvalue weighted by Crippen LogP contribution is -2.74. The monoisotopic (exact) mass is 587 g/mol. The second-order valence-corrected chi connectivity index (χ2v) is 10.2. The highest BCUT2D eigenvalue weighted by Gasteiger charge is 2.72. The van der Waals surface area contributed by atoms with Crippen molar-refractivity contribution >= 4 is 23.9 Å². The Morgan fingerprint density at radius 1 is 1.22 bits per heavy atom. The number of carboxylic acid groups (broad SMARTS) is 2. The summed E-state index contributed by atoms with van der Waals surface area (Å²) in [5.74, 6) is -4.58. The van der Waals surface area contributed by atoms with Crippen LogP contribution in [0.3, 0.4) is 0 Å². The maximum Gasteiger partial charge on any atom is 0.490 e. The number of hydrogen-bond acceptors (Lipinski definition) is 10. The number of benzene rings is 1. The summed E-state index contributed by atoms with van der Waals surface area (Å²) < 4.78 is 54.0. The third-order valence-electron chi connectivity index (χ3n) is 7.97. The highest BCUT2D eigenvalue weighted by atomic mass is 19.4. The zero-order valence-corrected chi connectivity index (χ0v) is 22.2. The number of hydrogen-bond donors (Lipinski definition) is 3. The Balaban J connectivity index is 0.000000493. The van der Waals surface area contributed by atoms with E-state index in [1.54, 1.807) is 13.2 Å². The second-order valence-electron chi connectivity index (χ2n) is 10.2. The lowest BCUT2D eigenvalue weighted by molar-refractivity contribution is -0.192. The first kappa shape index (κ1) is 30.1. The van der Waals surface area contributed by atoms with Crippen LogP contribution < -0.4 is 9.47 Å². The first-order valence-electron chi connectivity index (χ1n) is 12.5. The molecule has 2 bridgehead atoms. The Labute approximate surface area is 231 Å². The van der Waals surface area contributed by atoms with Crippen LogP contribution in [0.5, 0.6) is 11.5 Å². The normalized spacial score (nSPS) is 28.0. The van der Waals surface area contributed by atoms with Crippen molar-refractivity contribution in [3.63, 3.8) is 0 Å². The number of likely N-dealkylation sites (N-methyl/N-ethyl adjacent to an activating group) is 1. The van der Waals surface area contributed by atoms with Gasteiger partial charge in [-0.1, -0.05) is 6.07 Å². The van der Waals surface area contributed by atoms with E-state index < -0.39 is 59.7 Å². The van der Waals surface area contributed by atoms with Crippen LogP contribution in [-0.2, 0) is 40.5 Å². The summed E-state index contributed by atoms with van der Waals surface area (Å²) in [6.07, 6.45) is -5.04. The molecule has 2 aliphatic heterocycles. The highest BCUT2D eigenvalue weighted by molar-refractivity contribution is 5.83. The number of esters is 2. The third kappa shape index (κ3) is 4.96. The van der Waals surface area contributed by atoms with Crippen molar-refractivity contribution in [3.8, 4) is 11.5 Å². The molecule has 1 aromatic rings. The fourth-order valence-corrected chi connectivity index (χ4v) is 6.29. The van der Waals surface area contributed by atoms with Crippen LogP contribution in [0.15, 0.2) is 24.0 Å². The van der Waals surface area contributed by atoms with Crippen molar-refractivity contribution in [1.82, 2.24) is 4.90 Å². The lowest BCUT2D eigenvalue weighted by Gasteiger charge is -2.61. The van der Waals surface area contributed by atoms with Crippen LogP contribution >= 0.6 is 0 Å². The van der Waals surface area contributed by atoms with Crippen molar-refractivity contribution < 1.29 is 66.6 Å². The minimum absolute atomic E-state index is 0.145. The van der Waals surface area contributed by atoms with E-state index in [1.807, 2.05) is 19.2 Å². The van der Waals surface area contributed by atoms with E-state index in [2.05, 4.69) is 4.90 Å². The zero-order valence-electron chi connectivity index (χ0n) is 22.2. The molecule has 0 amide bonds. The van der Waals surface area contributed by atoms with Crippen molar-refractivity contribution in [2.75, 3.05) is 20.7 Å². The lowest BCUT2D eigenvalue weighted by atomic mass is 9.50. The van der Waals surface area contributed by atoms with Gasteiger partial charge in [0.15, 0.2) is 17.6 Å². The molecular weight excluding hydrogens is 559 g/mol. The van der Waals surface area contributed by atoms with Crippen LogP contribution in [0.25, 0.3) is 0 Å². The quantitative estimate of drug-likeness (QED) is 0.411. The van der Waals surface area contributed by atoms with Crippen LogP contribution in [-0.4, -0.2) is 94.8 Å². The molecule has 1 spiro atoms. The molecule has 2 heterocycles. The Kier molecular flexibility index (Phi) is 7.73. The Morgan fingerprint density at radius 2 is 1.88 bits per heavy atom. The third-order valence-corrected chi connectivity index (χ3v) is 7.97. The summed E-state index contributed by atoms with van der Waals surface area (Å²) in [7, 11) is 3.54. The molecule has 5 atom stereocenters. The number of alkyl halides is 3. The Morgan fingerprint density at radius 3 is 2.44 bits per heavy atom. The van der Waals surface area contributed by atoms with E-state index in [0.717, 1.165) is 24.6 Å². The highest BCUT2D eigenvalue weighted by Crippen LogP contribution is 2.65. The number of piperidine rings is 1. The molecule has 0 radical (unpaired) electrons. The number of nitrogens with zero attached hydrogens (tertiary/aromatic N) is 1. The molecule has 1 saturated heterocycles. The fourth-order valence-electron chi connectivity index (χ4n) is 6.29. The van der Waals surface area contributed by atoms with Crippen molar-refractivity contribution in [2.24, 2.45) is 0 Å². The maximum absolute atomic E-state index is 12.7. The SMILES string of the molecule is COc1ccc2c3c1O[C@H]1C(OC(=O)C[C@H](OC(C)=O)C(=O)O)=CC[C@@]4(O)[C@@H](C2)N(C)CC[C@]314.O=C(O)C(F)(F)F. The number of carboxylic acids is 2. The maximum atomic E-state index is 12.7. The summed E-state index contributed by atoms with van der Waals surface area (Å²) in [4.78, 5) is 46.3. The smallest absolute Gasteiger partial charge is 0.490 e. The molecule has 0 aromatic heterocycles. The number of likely N-dealkylation sites (tertiary alicyclic amines) is 1. The van der Waals surface area contributed by atoms with Crippen LogP contribution in [0.4, 0.5) is 13.2 Å². The molecule has 5 rings (SSSR count). The van der Waals surface area contributed by atoms with Gasteiger partial charge in [-0.05, 0) is 44.1 Å². The number of rotatable bonds is 6. The summed E-state index contributed by atoms with van der Waals surface area (Å²) in [5, 5.41) is 28.5. The van der Waals surface area contributed by atoms with Gasteiger partial charge in [-0.25, -0.2) is 9.59 Å². The first-order chi connectivity index (χ1) is 19.1. The number of carbonyl (C=O) groups excluding carboxylic acids is 2. The molecule has 3 N–H and O–H groups in total. The molecule has 224 valence electrons. The molecule has 12 nitrogen and oxygen atoms in total. The standard InChI is InChI=1S/C24H27NO9.C2HF3O2/c1-12(26)32-16(22(28)29)11-18(27)33-15-6-7-24(30)17-10-13-4-5-14(31-3)20-19(13)23(24,21(15)34-20)8-9-25(17)2;3-2(4,5)1(6)7/h4-6,16-17,21,30H,7-11H2,1-3H3,(H,28,29);(H,6,7)/t16-,17+,21-,23-,24+;/m0./s1. The number of halogens is 3. The average molecular weight is 588 g/mol. The van der Waals surface area contributed by atoms with Crippen molar-refractivity contribution in [3.05, 3.63) is 35.1 Å². The summed E-state index contributed by atoms with van der Waals surface area (Å²) in [5.41, 5.74) is -0.0257. The van der Waals surface area contributed by atoms with E-state index in [0.29, 0.717) is 24.3 Å². The molecule has 0 unspecified atom stereocenters. The first-order valence-corrected chi connectivity index (χ1v) is 12.5. The number of aliphatic carboxylic acids is 2. The van der Waals surface area contributed by atoms with E-state index >= 15 is 0 Å². The van der Waals surface area contributed by atoms with Gasteiger partial charge in [0, 0.05) is 24.9 Å². The number of aliphatic hydroxyl groups is 1. The van der Waals surface area contributed by atoms with Crippen LogP contribution in [0.2, 0.25) is 0 Å². The van der Waals surface area contributed by atoms with Gasteiger partial charge in [0.1, 0.15) is 5.76 Å².